The van der Waals surface area contributed by atoms with Crippen LogP contribution in [0.4, 0.5) is 0 Å². The van der Waals surface area contributed by atoms with E-state index in [4.69, 9.17) is 9.15 Å². The molecule has 1 aromatic carbocycles. The quantitative estimate of drug-likeness (QED) is 0.334. The molecule has 0 aliphatic carbocycles. The van der Waals surface area contributed by atoms with Crippen LogP contribution in [-0.2, 0) is 13.0 Å². The molecule has 0 saturated carbocycles. The monoisotopic (exact) mass is 472 g/mol. The number of likely N-dealkylation sites (N-methyl/N-ethyl adjacent to an activating group) is 1. The van der Waals surface area contributed by atoms with Crippen molar-refractivity contribution in [2.24, 2.45) is 4.99 Å². The van der Waals surface area contributed by atoms with E-state index in [1.165, 1.54) is 0 Å². The average Bonchev–Trinajstić information content (AvgIpc) is 3.11. The van der Waals surface area contributed by atoms with E-state index in [1.54, 1.807) is 13.3 Å². The van der Waals surface area contributed by atoms with Gasteiger partial charge in [-0.25, -0.2) is 0 Å². The third-order valence-electron chi connectivity index (χ3n) is 3.63. The fourth-order valence-corrected chi connectivity index (χ4v) is 2.26. The summed E-state index contributed by atoms with van der Waals surface area (Å²) >= 11 is 0. The smallest absolute Gasteiger partial charge is 0.191 e. The number of nitrogens with one attached hydrogen (secondary N) is 2. The first-order chi connectivity index (χ1) is 12.2. The van der Waals surface area contributed by atoms with Crippen LogP contribution >= 0.6 is 24.0 Å². The van der Waals surface area contributed by atoms with E-state index in [-0.39, 0.29) is 24.0 Å². The van der Waals surface area contributed by atoms with Crippen LogP contribution in [0.25, 0.3) is 0 Å². The lowest BCUT2D eigenvalue weighted by molar-refractivity contribution is 0.261. The lowest BCUT2D eigenvalue weighted by Gasteiger charge is -2.13. The molecule has 1 heterocycles. The summed E-state index contributed by atoms with van der Waals surface area (Å²) in [4.78, 5) is 6.34. The number of guanidine groups is 1. The SMILES string of the molecule is CN=C(NCCc1ccco1)NCc1cccc(OCCN(C)C)c1.I. The molecule has 0 bridgehead atoms. The van der Waals surface area contributed by atoms with Crippen LogP contribution < -0.4 is 15.4 Å². The molecule has 0 atom stereocenters. The number of rotatable bonds is 9. The summed E-state index contributed by atoms with van der Waals surface area (Å²) in [5, 5.41) is 6.59. The van der Waals surface area contributed by atoms with Gasteiger partial charge in [0, 0.05) is 33.1 Å². The second-order valence-electron chi connectivity index (χ2n) is 5.98. The number of hydrogen-bond acceptors (Lipinski definition) is 4. The first-order valence-corrected chi connectivity index (χ1v) is 8.51. The van der Waals surface area contributed by atoms with Gasteiger partial charge in [0.2, 0.25) is 0 Å². The molecule has 0 saturated heterocycles. The van der Waals surface area contributed by atoms with Crippen molar-refractivity contribution in [3.05, 3.63) is 54.0 Å². The second kappa shape index (κ2) is 12.6. The fourth-order valence-electron chi connectivity index (χ4n) is 2.26. The Bertz CT molecular complexity index is 645. The zero-order valence-corrected chi connectivity index (χ0v) is 18.0. The van der Waals surface area contributed by atoms with Gasteiger partial charge in [-0.1, -0.05) is 12.1 Å². The average molecular weight is 472 g/mol. The highest BCUT2D eigenvalue weighted by Gasteiger charge is 2.02. The van der Waals surface area contributed by atoms with Crippen LogP contribution in [0.2, 0.25) is 0 Å². The Morgan fingerprint density at radius 3 is 2.73 bits per heavy atom. The van der Waals surface area contributed by atoms with Crippen LogP contribution in [-0.4, -0.2) is 51.7 Å². The van der Waals surface area contributed by atoms with Gasteiger partial charge in [0.15, 0.2) is 5.96 Å². The van der Waals surface area contributed by atoms with Crippen molar-refractivity contribution in [1.29, 1.82) is 0 Å². The Morgan fingerprint density at radius 1 is 1.19 bits per heavy atom. The molecule has 6 nitrogen and oxygen atoms in total. The number of benzene rings is 1. The van der Waals surface area contributed by atoms with Crippen molar-refractivity contribution in [3.8, 4) is 5.75 Å². The van der Waals surface area contributed by atoms with E-state index in [0.29, 0.717) is 13.2 Å². The Morgan fingerprint density at radius 2 is 2.04 bits per heavy atom. The molecule has 2 aromatic rings. The zero-order valence-electron chi connectivity index (χ0n) is 15.7. The summed E-state index contributed by atoms with van der Waals surface area (Å²) < 4.78 is 11.1. The highest BCUT2D eigenvalue weighted by molar-refractivity contribution is 14.0. The molecule has 144 valence electrons. The highest BCUT2D eigenvalue weighted by Crippen LogP contribution is 2.13. The molecule has 0 radical (unpaired) electrons. The van der Waals surface area contributed by atoms with Crippen molar-refractivity contribution >= 4 is 29.9 Å². The highest BCUT2D eigenvalue weighted by atomic mass is 127. The van der Waals surface area contributed by atoms with Crippen molar-refractivity contribution < 1.29 is 9.15 Å². The topological polar surface area (TPSA) is 62.0 Å². The van der Waals surface area contributed by atoms with E-state index in [2.05, 4.69) is 32.7 Å². The predicted molar refractivity (Wildman–Crippen MR) is 117 cm³/mol. The number of hydrogen-bond donors (Lipinski definition) is 2. The lowest BCUT2D eigenvalue weighted by Crippen LogP contribution is -2.37. The standard InChI is InChI=1S/C19H28N4O2.HI/c1-20-19(21-10-9-17-8-5-12-24-17)22-15-16-6-4-7-18(14-16)25-13-11-23(2)3;/h4-8,12,14H,9-11,13,15H2,1-3H3,(H2,20,21,22);1H. The molecule has 0 unspecified atom stereocenters. The summed E-state index contributed by atoms with van der Waals surface area (Å²) in [6.07, 6.45) is 2.51. The Balaban J connectivity index is 0.00000338. The fraction of sp³-hybridized carbons (Fsp3) is 0.421. The van der Waals surface area contributed by atoms with Crippen LogP contribution in [0.5, 0.6) is 5.75 Å². The van der Waals surface area contributed by atoms with Gasteiger partial charge >= 0.3 is 0 Å². The molecule has 0 spiro atoms. The Labute approximate surface area is 173 Å². The summed E-state index contributed by atoms with van der Waals surface area (Å²) in [7, 11) is 5.84. The van der Waals surface area contributed by atoms with Crippen molar-refractivity contribution in [2.45, 2.75) is 13.0 Å². The van der Waals surface area contributed by atoms with E-state index < -0.39 is 0 Å². The van der Waals surface area contributed by atoms with Crippen LogP contribution in [0.15, 0.2) is 52.1 Å². The van der Waals surface area contributed by atoms with Gasteiger partial charge in [0.25, 0.3) is 0 Å². The van der Waals surface area contributed by atoms with Gasteiger partial charge in [0.1, 0.15) is 18.1 Å². The molecule has 0 amide bonds. The molecule has 1 aromatic heterocycles. The van der Waals surface area contributed by atoms with Crippen LogP contribution in [0, 0.1) is 0 Å². The van der Waals surface area contributed by atoms with E-state index in [0.717, 1.165) is 42.5 Å². The third-order valence-corrected chi connectivity index (χ3v) is 3.63. The molecule has 7 heteroatoms. The van der Waals surface area contributed by atoms with Crippen molar-refractivity contribution in [1.82, 2.24) is 15.5 Å². The molecule has 2 rings (SSSR count). The van der Waals surface area contributed by atoms with Gasteiger partial charge in [-0.15, -0.1) is 24.0 Å². The normalized spacial score (nSPS) is 11.2. The van der Waals surface area contributed by atoms with Crippen LogP contribution in [0.1, 0.15) is 11.3 Å². The second-order valence-corrected chi connectivity index (χ2v) is 5.98. The largest absolute Gasteiger partial charge is 0.492 e. The number of aliphatic imine (C=N–C) groups is 1. The summed E-state index contributed by atoms with van der Waals surface area (Å²) in [5.74, 6) is 2.62. The number of halogens is 1. The molecular formula is C19H29IN4O2. The summed E-state index contributed by atoms with van der Waals surface area (Å²) in [6, 6.07) is 12.0. The van der Waals surface area contributed by atoms with E-state index in [9.17, 15) is 0 Å². The molecule has 0 aliphatic rings. The Kier molecular flexibility index (Phi) is 10.8. The number of ether oxygens (including phenoxy) is 1. The van der Waals surface area contributed by atoms with Crippen molar-refractivity contribution in [3.63, 3.8) is 0 Å². The van der Waals surface area contributed by atoms with E-state index >= 15 is 0 Å². The minimum atomic E-state index is 0. The maximum Gasteiger partial charge on any atom is 0.191 e. The summed E-state index contributed by atoms with van der Waals surface area (Å²) in [5.41, 5.74) is 1.15. The predicted octanol–water partition coefficient (Wildman–Crippen LogP) is 2.75. The maximum atomic E-state index is 5.77. The first-order valence-electron chi connectivity index (χ1n) is 8.51. The minimum Gasteiger partial charge on any atom is -0.492 e. The molecular weight excluding hydrogens is 443 g/mol. The van der Waals surface area contributed by atoms with Gasteiger partial charge in [-0.05, 0) is 43.9 Å². The minimum absolute atomic E-state index is 0. The van der Waals surface area contributed by atoms with Crippen molar-refractivity contribution in [2.75, 3.05) is 40.8 Å². The lowest BCUT2D eigenvalue weighted by atomic mass is 10.2. The first kappa shape index (κ1) is 22.3. The molecule has 0 aliphatic heterocycles. The summed E-state index contributed by atoms with van der Waals surface area (Å²) in [6.45, 7) is 3.03. The van der Waals surface area contributed by atoms with Crippen LogP contribution in [0.3, 0.4) is 0 Å². The van der Waals surface area contributed by atoms with Gasteiger partial charge in [-0.2, -0.15) is 0 Å². The van der Waals surface area contributed by atoms with Gasteiger partial charge in [-0.3, -0.25) is 4.99 Å². The van der Waals surface area contributed by atoms with Gasteiger partial charge in [0.05, 0.1) is 6.26 Å². The van der Waals surface area contributed by atoms with Gasteiger partial charge < -0.3 is 24.7 Å². The Hall–Kier alpha value is -1.74. The number of furan rings is 1. The number of nitrogens with zero attached hydrogens (tertiary/aromatic N) is 2. The zero-order chi connectivity index (χ0) is 17.9. The molecule has 0 fully saturated rings. The molecule has 26 heavy (non-hydrogen) atoms. The maximum absolute atomic E-state index is 5.77. The van der Waals surface area contributed by atoms with E-state index in [1.807, 2.05) is 38.4 Å². The third kappa shape index (κ3) is 8.57. The molecule has 2 N–H and O–H groups in total.